The molecule has 0 aromatic heterocycles. The lowest BCUT2D eigenvalue weighted by Gasteiger charge is -2.69. The molecule has 5 nitrogen and oxygen atoms in total. The third-order valence-corrected chi connectivity index (χ3v) is 5.41. The fourth-order valence-corrected chi connectivity index (χ4v) is 4.00. The summed E-state index contributed by atoms with van der Waals surface area (Å²) in [7, 11) is 1.63. The van der Waals surface area contributed by atoms with E-state index in [2.05, 4.69) is 5.32 Å². The van der Waals surface area contributed by atoms with Crippen molar-refractivity contribution in [2.45, 2.75) is 24.7 Å². The fraction of sp³-hybridized carbons (Fsp3) is 0.526. The highest BCUT2D eigenvalue weighted by molar-refractivity contribution is 5.87. The number of benzene rings is 1. The molecule has 0 spiro atoms. The van der Waals surface area contributed by atoms with E-state index in [0.29, 0.717) is 30.8 Å². The molecule has 0 saturated heterocycles. The van der Waals surface area contributed by atoms with Gasteiger partial charge in [0.25, 0.3) is 0 Å². The Labute approximate surface area is 147 Å². The van der Waals surface area contributed by atoms with Gasteiger partial charge in [-0.3, -0.25) is 4.79 Å². The molecule has 3 N–H and O–H groups in total. The minimum absolute atomic E-state index is 0.137. The third-order valence-electron chi connectivity index (χ3n) is 5.41. The van der Waals surface area contributed by atoms with Crippen molar-refractivity contribution >= 4 is 5.91 Å². The molecule has 25 heavy (non-hydrogen) atoms. The van der Waals surface area contributed by atoms with Crippen LogP contribution in [-0.2, 0) is 14.9 Å². The van der Waals surface area contributed by atoms with Crippen LogP contribution in [0.3, 0.4) is 0 Å². The second-order valence-corrected chi connectivity index (χ2v) is 7.12. The van der Waals surface area contributed by atoms with E-state index in [4.69, 9.17) is 15.2 Å². The molecule has 0 atom stereocenters. The Kier molecular flexibility index (Phi) is 5.11. The maximum atomic E-state index is 12.5. The molecule has 6 heteroatoms. The van der Waals surface area contributed by atoms with Crippen molar-refractivity contribution in [1.82, 2.24) is 5.32 Å². The molecule has 0 unspecified atom stereocenters. The smallest absolute Gasteiger partial charge is 0.226 e. The molecule has 0 aliphatic heterocycles. The number of halogens is 1. The van der Waals surface area contributed by atoms with Crippen molar-refractivity contribution in [2.75, 3.05) is 33.4 Å². The molecule has 3 aliphatic rings. The summed E-state index contributed by atoms with van der Waals surface area (Å²) < 4.78 is 23.0. The van der Waals surface area contributed by atoms with E-state index in [1.165, 1.54) is 5.56 Å². The van der Waals surface area contributed by atoms with Crippen LogP contribution in [0.25, 0.3) is 0 Å². The van der Waals surface area contributed by atoms with Gasteiger partial charge < -0.3 is 20.5 Å². The van der Waals surface area contributed by atoms with E-state index in [-0.39, 0.29) is 29.9 Å². The first-order valence-electron chi connectivity index (χ1n) is 8.56. The van der Waals surface area contributed by atoms with Crippen LogP contribution in [0, 0.1) is 5.41 Å². The van der Waals surface area contributed by atoms with Gasteiger partial charge in [0.05, 0.1) is 18.4 Å². The predicted octanol–water partition coefficient (Wildman–Crippen LogP) is 2.06. The molecule has 1 aromatic carbocycles. The van der Waals surface area contributed by atoms with Crippen LogP contribution < -0.4 is 15.8 Å². The molecule has 1 aromatic rings. The summed E-state index contributed by atoms with van der Waals surface area (Å²) in [6.45, 7) is 1.40. The lowest BCUT2D eigenvalue weighted by Crippen LogP contribution is -2.70. The minimum atomic E-state index is -0.176. The van der Waals surface area contributed by atoms with Gasteiger partial charge in [0.1, 0.15) is 12.4 Å². The Morgan fingerprint density at radius 2 is 2.00 bits per heavy atom. The molecule has 2 bridgehead atoms. The van der Waals surface area contributed by atoms with Crippen molar-refractivity contribution in [3.8, 4) is 5.75 Å². The molecule has 3 saturated carbocycles. The third kappa shape index (κ3) is 3.28. The Morgan fingerprint density at radius 3 is 2.56 bits per heavy atom. The van der Waals surface area contributed by atoms with Crippen molar-refractivity contribution < 1.29 is 18.7 Å². The zero-order valence-electron chi connectivity index (χ0n) is 14.5. The van der Waals surface area contributed by atoms with Crippen molar-refractivity contribution in [1.29, 1.82) is 0 Å². The summed E-state index contributed by atoms with van der Waals surface area (Å²) in [6.07, 6.45) is 3.20. The van der Waals surface area contributed by atoms with E-state index in [1.54, 1.807) is 7.11 Å². The lowest BCUT2D eigenvalue weighted by atomic mass is 9.33. The maximum absolute atomic E-state index is 12.5. The quantitative estimate of drug-likeness (QED) is 0.670. The molecule has 3 fully saturated rings. The molecule has 3 aliphatic carbocycles. The highest BCUT2D eigenvalue weighted by Gasteiger charge is 2.71. The van der Waals surface area contributed by atoms with Crippen LogP contribution in [-0.4, -0.2) is 39.3 Å². The van der Waals surface area contributed by atoms with Crippen LogP contribution >= 0.6 is 0 Å². The van der Waals surface area contributed by atoms with Gasteiger partial charge in [0, 0.05) is 25.8 Å². The number of carbonyl (C=O) groups excluding carboxylic acids is 1. The van der Waals surface area contributed by atoms with Crippen molar-refractivity contribution in [2.24, 2.45) is 11.1 Å². The second-order valence-electron chi connectivity index (χ2n) is 7.12. The Morgan fingerprint density at radius 1 is 1.32 bits per heavy atom. The Hall–Kier alpha value is -1.92. The van der Waals surface area contributed by atoms with Gasteiger partial charge in [-0.1, -0.05) is 12.1 Å². The first-order valence-corrected chi connectivity index (χ1v) is 8.56. The zero-order valence-corrected chi connectivity index (χ0v) is 14.5. The average Bonchev–Trinajstić information content (AvgIpc) is 2.55. The van der Waals surface area contributed by atoms with Gasteiger partial charge in [-0.25, -0.2) is 4.39 Å². The summed E-state index contributed by atoms with van der Waals surface area (Å²) in [5.74, 6) is 0.842. The highest BCUT2D eigenvalue weighted by atomic mass is 19.1. The Bertz CT molecular complexity index is 637. The Balaban J connectivity index is 1.51. The lowest BCUT2D eigenvalue weighted by molar-refractivity contribution is -0.176. The maximum Gasteiger partial charge on any atom is 0.226 e. The normalized spacial score (nSPS) is 27.2. The van der Waals surface area contributed by atoms with E-state index in [0.717, 1.165) is 19.3 Å². The first-order chi connectivity index (χ1) is 12.1. The summed E-state index contributed by atoms with van der Waals surface area (Å²) in [5, 5.41) is 2.95. The molecule has 136 valence electrons. The molecular formula is C19H25FN2O3. The van der Waals surface area contributed by atoms with Crippen LogP contribution in [0.1, 0.15) is 24.8 Å². The summed E-state index contributed by atoms with van der Waals surface area (Å²) in [5.41, 5.74) is 7.03. The van der Waals surface area contributed by atoms with E-state index < -0.39 is 0 Å². The molecule has 0 heterocycles. The SMILES string of the molecule is COCCNC(=O)C12CC(c3ccc(OC/C(=C/F)CN)cc3)(C1)C2. The van der Waals surface area contributed by atoms with Gasteiger partial charge in [-0.2, -0.15) is 0 Å². The van der Waals surface area contributed by atoms with E-state index in [1.807, 2.05) is 24.3 Å². The van der Waals surface area contributed by atoms with Gasteiger partial charge in [0.15, 0.2) is 0 Å². The van der Waals surface area contributed by atoms with Crippen LogP contribution in [0.5, 0.6) is 5.75 Å². The predicted molar refractivity (Wildman–Crippen MR) is 93.0 cm³/mol. The van der Waals surface area contributed by atoms with Crippen molar-refractivity contribution in [3.05, 3.63) is 41.7 Å². The van der Waals surface area contributed by atoms with Crippen LogP contribution in [0.2, 0.25) is 0 Å². The number of carbonyl (C=O) groups is 1. The number of ether oxygens (including phenoxy) is 2. The monoisotopic (exact) mass is 348 g/mol. The number of hydrogen-bond acceptors (Lipinski definition) is 4. The number of amides is 1. The second kappa shape index (κ2) is 7.14. The zero-order chi connectivity index (χ0) is 17.9. The van der Waals surface area contributed by atoms with Gasteiger partial charge in [0.2, 0.25) is 5.91 Å². The molecular weight excluding hydrogens is 323 g/mol. The van der Waals surface area contributed by atoms with Gasteiger partial charge >= 0.3 is 0 Å². The van der Waals surface area contributed by atoms with Crippen molar-refractivity contribution in [3.63, 3.8) is 0 Å². The number of nitrogens with one attached hydrogen (secondary N) is 1. The highest BCUT2D eigenvalue weighted by Crippen LogP contribution is 2.73. The molecule has 0 radical (unpaired) electrons. The van der Waals surface area contributed by atoms with Crippen LogP contribution in [0.15, 0.2) is 36.2 Å². The molecule has 1 amide bonds. The summed E-state index contributed by atoms with van der Waals surface area (Å²) >= 11 is 0. The standard InChI is InChI=1S/C19H25FN2O3/c1-24-7-6-22-17(23)19-11-18(12-19,13-19)15-2-4-16(5-3-15)25-10-14(8-20)9-21/h2-5,8H,6-7,9-13,21H2,1H3,(H,22,23)/b14-8+. The van der Waals surface area contributed by atoms with Gasteiger partial charge in [-0.15, -0.1) is 0 Å². The summed E-state index contributed by atoms with van der Waals surface area (Å²) in [6, 6.07) is 7.88. The molecule has 4 rings (SSSR count). The number of rotatable bonds is 9. The fourth-order valence-electron chi connectivity index (χ4n) is 4.00. The summed E-state index contributed by atoms with van der Waals surface area (Å²) in [4.78, 5) is 12.3. The van der Waals surface area contributed by atoms with E-state index in [9.17, 15) is 9.18 Å². The number of nitrogens with two attached hydrogens (primary N) is 1. The van der Waals surface area contributed by atoms with E-state index >= 15 is 0 Å². The minimum Gasteiger partial charge on any atom is -0.489 e. The first kappa shape index (κ1) is 17.9. The largest absolute Gasteiger partial charge is 0.489 e. The average molecular weight is 348 g/mol. The van der Waals surface area contributed by atoms with Crippen LogP contribution in [0.4, 0.5) is 4.39 Å². The topological polar surface area (TPSA) is 73.6 Å². The van der Waals surface area contributed by atoms with Gasteiger partial charge in [-0.05, 0) is 42.4 Å². The number of hydrogen-bond donors (Lipinski definition) is 2. The number of methoxy groups -OCH3 is 1.